The second kappa shape index (κ2) is 7.90. The van der Waals surface area contributed by atoms with Crippen LogP contribution >= 0.6 is 0 Å². The number of esters is 1. The number of hydrazine groups is 1. The fraction of sp³-hybridized carbons (Fsp3) is 0.529. The number of piperazine rings is 1. The summed E-state index contributed by atoms with van der Waals surface area (Å²) in [5.41, 5.74) is 6.69. The predicted molar refractivity (Wildman–Crippen MR) is 88.7 cm³/mol. The average Bonchev–Trinajstić information content (AvgIpc) is 3.05. The molecule has 2 fully saturated rings. The molecule has 2 heterocycles. The number of ether oxygens (including phenoxy) is 1. The third kappa shape index (κ3) is 4.33. The maximum absolute atomic E-state index is 13.3. The summed E-state index contributed by atoms with van der Waals surface area (Å²) in [4.78, 5) is 28.0. The summed E-state index contributed by atoms with van der Waals surface area (Å²) in [6.45, 7) is 3.33. The van der Waals surface area contributed by atoms with Crippen molar-refractivity contribution in [1.29, 1.82) is 0 Å². The van der Waals surface area contributed by atoms with Crippen molar-refractivity contribution in [3.63, 3.8) is 0 Å². The van der Waals surface area contributed by atoms with Gasteiger partial charge >= 0.3 is 5.97 Å². The Bertz CT molecular complexity index is 642. The number of benzene rings is 1. The first-order chi connectivity index (χ1) is 12.1. The summed E-state index contributed by atoms with van der Waals surface area (Å²) in [5.74, 6) is -0.524. The summed E-state index contributed by atoms with van der Waals surface area (Å²) >= 11 is 0. The van der Waals surface area contributed by atoms with Gasteiger partial charge < -0.3 is 9.64 Å². The Morgan fingerprint density at radius 3 is 2.96 bits per heavy atom. The number of nitrogens with one attached hydrogen (secondary N) is 2. The van der Waals surface area contributed by atoms with Crippen molar-refractivity contribution in [3.05, 3.63) is 35.6 Å². The molecule has 8 heteroatoms. The number of carbonyl (C=O) groups excluding carboxylic acids is 2. The van der Waals surface area contributed by atoms with Crippen LogP contribution in [0.3, 0.4) is 0 Å². The molecule has 1 aromatic carbocycles. The van der Waals surface area contributed by atoms with E-state index in [0.717, 1.165) is 12.1 Å². The molecule has 0 saturated carbocycles. The van der Waals surface area contributed by atoms with Crippen LogP contribution in [0.15, 0.2) is 24.3 Å². The average molecular weight is 350 g/mol. The molecule has 7 nitrogen and oxygen atoms in total. The minimum Gasteiger partial charge on any atom is -0.468 e. The minimum atomic E-state index is -0.398. The highest BCUT2D eigenvalue weighted by molar-refractivity contribution is 5.79. The van der Waals surface area contributed by atoms with Gasteiger partial charge in [0.15, 0.2) is 0 Å². The van der Waals surface area contributed by atoms with Gasteiger partial charge in [0.25, 0.3) is 0 Å². The van der Waals surface area contributed by atoms with Gasteiger partial charge in [-0.25, -0.2) is 9.82 Å². The van der Waals surface area contributed by atoms with Gasteiger partial charge in [-0.2, -0.15) is 0 Å². The monoisotopic (exact) mass is 350 g/mol. The van der Waals surface area contributed by atoms with Gasteiger partial charge in [0.05, 0.1) is 13.7 Å². The number of hydrogen-bond donors (Lipinski definition) is 2. The zero-order chi connectivity index (χ0) is 17.8. The SMILES string of the molecule is COC(=O)C1NNCC1CN1CCN(Cc2cccc(F)c2)C(=O)C1. The van der Waals surface area contributed by atoms with E-state index in [-0.39, 0.29) is 23.6 Å². The Kier molecular flexibility index (Phi) is 5.62. The molecule has 0 aromatic heterocycles. The molecular formula is C17H23FN4O3. The van der Waals surface area contributed by atoms with E-state index in [1.54, 1.807) is 11.0 Å². The lowest BCUT2D eigenvalue weighted by molar-refractivity contribution is -0.144. The molecular weight excluding hydrogens is 327 g/mol. The summed E-state index contributed by atoms with van der Waals surface area (Å²) in [5, 5.41) is 0. The van der Waals surface area contributed by atoms with Gasteiger partial charge in [0.1, 0.15) is 11.9 Å². The first-order valence-electron chi connectivity index (χ1n) is 8.37. The molecule has 2 saturated heterocycles. The first kappa shape index (κ1) is 17.8. The molecule has 0 spiro atoms. The topological polar surface area (TPSA) is 73.9 Å². The van der Waals surface area contributed by atoms with Crippen molar-refractivity contribution in [3.8, 4) is 0 Å². The van der Waals surface area contributed by atoms with E-state index in [4.69, 9.17) is 4.74 Å². The van der Waals surface area contributed by atoms with Crippen molar-refractivity contribution in [2.45, 2.75) is 12.6 Å². The second-order valence-electron chi connectivity index (χ2n) is 6.47. The number of amides is 1. The molecule has 2 atom stereocenters. The molecule has 2 aliphatic heterocycles. The van der Waals surface area contributed by atoms with Crippen molar-refractivity contribution < 1.29 is 18.7 Å². The van der Waals surface area contributed by atoms with Gasteiger partial charge in [0, 0.05) is 38.6 Å². The summed E-state index contributed by atoms with van der Waals surface area (Å²) in [7, 11) is 1.37. The van der Waals surface area contributed by atoms with E-state index in [0.29, 0.717) is 32.7 Å². The van der Waals surface area contributed by atoms with Crippen LogP contribution in [0, 0.1) is 11.7 Å². The molecule has 136 valence electrons. The Hall–Kier alpha value is -2.03. The zero-order valence-electron chi connectivity index (χ0n) is 14.2. The van der Waals surface area contributed by atoms with Crippen LogP contribution in [0.4, 0.5) is 4.39 Å². The lowest BCUT2D eigenvalue weighted by Gasteiger charge is -2.36. The molecule has 3 rings (SSSR count). The highest BCUT2D eigenvalue weighted by Crippen LogP contribution is 2.15. The van der Waals surface area contributed by atoms with Gasteiger partial charge in [0.2, 0.25) is 5.91 Å². The lowest BCUT2D eigenvalue weighted by Crippen LogP contribution is -2.52. The number of nitrogens with zero attached hydrogens (tertiary/aromatic N) is 2. The highest BCUT2D eigenvalue weighted by Gasteiger charge is 2.36. The van der Waals surface area contributed by atoms with Crippen LogP contribution in [0.2, 0.25) is 0 Å². The molecule has 2 N–H and O–H groups in total. The number of carbonyl (C=O) groups is 2. The molecule has 1 amide bonds. The van der Waals surface area contributed by atoms with Crippen molar-refractivity contribution in [2.75, 3.05) is 39.8 Å². The molecule has 2 unspecified atom stereocenters. The molecule has 0 bridgehead atoms. The van der Waals surface area contributed by atoms with Gasteiger partial charge in [-0.1, -0.05) is 12.1 Å². The summed E-state index contributed by atoms with van der Waals surface area (Å²) in [6.07, 6.45) is 0. The van der Waals surface area contributed by atoms with E-state index < -0.39 is 6.04 Å². The van der Waals surface area contributed by atoms with Crippen molar-refractivity contribution in [1.82, 2.24) is 20.7 Å². The third-order valence-electron chi connectivity index (χ3n) is 4.70. The van der Waals surface area contributed by atoms with Crippen LogP contribution < -0.4 is 10.9 Å². The lowest BCUT2D eigenvalue weighted by atomic mass is 10.0. The van der Waals surface area contributed by atoms with E-state index in [1.165, 1.54) is 19.2 Å². The fourth-order valence-corrected chi connectivity index (χ4v) is 3.35. The van der Waals surface area contributed by atoms with Crippen LogP contribution in [-0.4, -0.2) is 67.6 Å². The summed E-state index contributed by atoms with van der Waals surface area (Å²) in [6, 6.07) is 5.92. The standard InChI is InChI=1S/C17H23FN4O3/c1-25-17(24)16-13(8-19-20-16)10-21-5-6-22(15(23)11-21)9-12-3-2-4-14(18)7-12/h2-4,7,13,16,19-20H,5-6,8-11H2,1H3. The van der Waals surface area contributed by atoms with Gasteiger partial charge in [-0.15, -0.1) is 0 Å². The Morgan fingerprint density at radius 2 is 2.24 bits per heavy atom. The van der Waals surface area contributed by atoms with E-state index in [2.05, 4.69) is 15.8 Å². The minimum absolute atomic E-state index is 0.0176. The number of halogens is 1. The van der Waals surface area contributed by atoms with E-state index >= 15 is 0 Å². The van der Waals surface area contributed by atoms with Crippen LogP contribution in [-0.2, 0) is 20.9 Å². The first-order valence-corrected chi connectivity index (χ1v) is 8.37. The molecule has 0 radical (unpaired) electrons. The van der Waals surface area contributed by atoms with Gasteiger partial charge in [-0.3, -0.25) is 19.9 Å². The Labute approximate surface area is 146 Å². The number of hydrogen-bond acceptors (Lipinski definition) is 6. The van der Waals surface area contributed by atoms with E-state index in [1.807, 2.05) is 6.07 Å². The Balaban J connectivity index is 1.53. The number of rotatable bonds is 5. The maximum atomic E-state index is 13.3. The normalized spacial score (nSPS) is 24.6. The molecule has 2 aliphatic rings. The number of methoxy groups -OCH3 is 1. The smallest absolute Gasteiger partial charge is 0.324 e. The quantitative estimate of drug-likeness (QED) is 0.713. The van der Waals surface area contributed by atoms with Gasteiger partial charge in [-0.05, 0) is 17.7 Å². The molecule has 0 aliphatic carbocycles. The predicted octanol–water partition coefficient (Wildman–Crippen LogP) is -0.264. The highest BCUT2D eigenvalue weighted by atomic mass is 19.1. The molecule has 25 heavy (non-hydrogen) atoms. The second-order valence-corrected chi connectivity index (χ2v) is 6.47. The van der Waals surface area contributed by atoms with E-state index in [9.17, 15) is 14.0 Å². The largest absolute Gasteiger partial charge is 0.468 e. The van der Waals surface area contributed by atoms with Crippen molar-refractivity contribution in [2.24, 2.45) is 5.92 Å². The Morgan fingerprint density at radius 1 is 1.40 bits per heavy atom. The zero-order valence-corrected chi connectivity index (χ0v) is 14.2. The molecule has 1 aromatic rings. The maximum Gasteiger partial charge on any atom is 0.324 e. The van der Waals surface area contributed by atoms with Crippen LogP contribution in [0.1, 0.15) is 5.56 Å². The van der Waals surface area contributed by atoms with Crippen LogP contribution in [0.5, 0.6) is 0 Å². The third-order valence-corrected chi connectivity index (χ3v) is 4.70. The summed E-state index contributed by atoms with van der Waals surface area (Å²) < 4.78 is 18.1. The fourth-order valence-electron chi connectivity index (χ4n) is 3.35. The van der Waals surface area contributed by atoms with Crippen LogP contribution in [0.25, 0.3) is 0 Å². The van der Waals surface area contributed by atoms with Crippen molar-refractivity contribution >= 4 is 11.9 Å².